The average molecular weight is 278 g/mol. The maximum Gasteiger partial charge on any atom is 0.231 e. The number of nitrogens with one attached hydrogen (secondary N) is 2. The van der Waals surface area contributed by atoms with Gasteiger partial charge in [-0.1, -0.05) is 6.07 Å². The number of methoxy groups -OCH3 is 1. The molecule has 0 aliphatic carbocycles. The second-order valence-corrected chi connectivity index (χ2v) is 5.12. The van der Waals surface area contributed by atoms with Crippen LogP contribution in [0.5, 0.6) is 5.75 Å². The van der Waals surface area contributed by atoms with Gasteiger partial charge in [-0.2, -0.15) is 0 Å². The van der Waals surface area contributed by atoms with Crippen molar-refractivity contribution in [3.05, 3.63) is 23.3 Å². The van der Waals surface area contributed by atoms with Gasteiger partial charge in [-0.3, -0.25) is 4.79 Å². The van der Waals surface area contributed by atoms with Gasteiger partial charge in [0, 0.05) is 17.3 Å². The average Bonchev–Trinajstić information content (AvgIpc) is 2.91. The van der Waals surface area contributed by atoms with E-state index < -0.39 is 0 Å². The Kier molecular flexibility index (Phi) is 4.62. The Bertz CT molecular complexity index is 502. The first kappa shape index (κ1) is 14.8. The molecule has 0 spiro atoms. The van der Waals surface area contributed by atoms with Gasteiger partial charge in [0.15, 0.2) is 0 Å². The third kappa shape index (κ3) is 2.78. The molecule has 1 aliphatic heterocycles. The second-order valence-electron chi connectivity index (χ2n) is 5.12. The van der Waals surface area contributed by atoms with E-state index in [0.717, 1.165) is 22.6 Å². The Balaban J connectivity index is 2.16. The molecule has 2 N–H and O–H groups in total. The molecule has 1 amide bonds. The highest BCUT2D eigenvalue weighted by atomic mass is 16.5. The Morgan fingerprint density at radius 1 is 1.35 bits per heavy atom. The summed E-state index contributed by atoms with van der Waals surface area (Å²) in [6, 6.07) is 3.93. The van der Waals surface area contributed by atoms with Gasteiger partial charge in [0.05, 0.1) is 26.2 Å². The van der Waals surface area contributed by atoms with Gasteiger partial charge < -0.3 is 20.1 Å². The topological polar surface area (TPSA) is 59.6 Å². The number of aryl methyl sites for hydroxylation is 1. The lowest BCUT2D eigenvalue weighted by Gasteiger charge is -2.18. The molecule has 0 bridgehead atoms. The number of amides is 1. The molecule has 110 valence electrons. The van der Waals surface area contributed by atoms with E-state index in [-0.39, 0.29) is 17.9 Å². The van der Waals surface area contributed by atoms with E-state index in [2.05, 4.69) is 10.6 Å². The summed E-state index contributed by atoms with van der Waals surface area (Å²) >= 11 is 0. The van der Waals surface area contributed by atoms with E-state index in [1.807, 2.05) is 33.0 Å². The molecule has 5 nitrogen and oxygen atoms in total. The van der Waals surface area contributed by atoms with Gasteiger partial charge in [-0.25, -0.2) is 0 Å². The van der Waals surface area contributed by atoms with Crippen molar-refractivity contribution in [1.82, 2.24) is 5.32 Å². The Labute approximate surface area is 119 Å². The summed E-state index contributed by atoms with van der Waals surface area (Å²) in [7, 11) is 3.49. The van der Waals surface area contributed by atoms with Gasteiger partial charge in [0.1, 0.15) is 5.75 Å². The molecular weight excluding hydrogens is 256 g/mol. The summed E-state index contributed by atoms with van der Waals surface area (Å²) in [5, 5.41) is 6.10. The molecule has 20 heavy (non-hydrogen) atoms. The molecule has 1 aromatic rings. The van der Waals surface area contributed by atoms with Crippen molar-refractivity contribution in [1.29, 1.82) is 0 Å². The van der Waals surface area contributed by atoms with Crippen LogP contribution >= 0.6 is 0 Å². The maximum absolute atomic E-state index is 12.3. The first-order valence-corrected chi connectivity index (χ1v) is 6.78. The van der Waals surface area contributed by atoms with Crippen LogP contribution in [-0.4, -0.2) is 39.3 Å². The number of ether oxygens (including phenoxy) is 2. The lowest BCUT2D eigenvalue weighted by Crippen LogP contribution is -2.39. The molecule has 1 aliphatic rings. The van der Waals surface area contributed by atoms with Crippen LogP contribution in [0.2, 0.25) is 0 Å². The van der Waals surface area contributed by atoms with Crippen LogP contribution in [0.25, 0.3) is 0 Å². The molecule has 1 aromatic carbocycles. The highest BCUT2D eigenvalue weighted by molar-refractivity contribution is 5.94. The molecule has 0 aromatic heterocycles. The van der Waals surface area contributed by atoms with Gasteiger partial charge >= 0.3 is 0 Å². The number of anilines is 1. The molecule has 2 unspecified atom stereocenters. The third-order valence-electron chi connectivity index (χ3n) is 3.85. The molecule has 1 fully saturated rings. The number of carbonyl (C=O) groups excluding carboxylic acids is 1. The summed E-state index contributed by atoms with van der Waals surface area (Å²) in [5.41, 5.74) is 2.79. The van der Waals surface area contributed by atoms with E-state index in [9.17, 15) is 4.79 Å². The molecule has 2 atom stereocenters. The summed E-state index contributed by atoms with van der Waals surface area (Å²) < 4.78 is 10.7. The third-order valence-corrected chi connectivity index (χ3v) is 3.85. The minimum Gasteiger partial charge on any atom is -0.496 e. The smallest absolute Gasteiger partial charge is 0.231 e. The zero-order valence-corrected chi connectivity index (χ0v) is 12.4. The van der Waals surface area contributed by atoms with Crippen LogP contribution in [-0.2, 0) is 9.53 Å². The quantitative estimate of drug-likeness (QED) is 0.876. The maximum atomic E-state index is 12.3. The second kappa shape index (κ2) is 6.24. The van der Waals surface area contributed by atoms with Crippen molar-refractivity contribution < 1.29 is 14.3 Å². The van der Waals surface area contributed by atoms with Crippen molar-refractivity contribution in [2.75, 3.05) is 32.7 Å². The van der Waals surface area contributed by atoms with E-state index in [1.54, 1.807) is 7.11 Å². The lowest BCUT2D eigenvalue weighted by molar-refractivity contribution is -0.120. The monoisotopic (exact) mass is 278 g/mol. The molecule has 5 heteroatoms. The van der Waals surface area contributed by atoms with Crippen LogP contribution in [0, 0.1) is 19.8 Å². The van der Waals surface area contributed by atoms with E-state index >= 15 is 0 Å². The number of hydrogen-bond acceptors (Lipinski definition) is 4. The highest BCUT2D eigenvalue weighted by Crippen LogP contribution is 2.29. The number of carbonyl (C=O) groups is 1. The van der Waals surface area contributed by atoms with Crippen molar-refractivity contribution in [2.45, 2.75) is 19.9 Å². The molecule has 0 saturated carbocycles. The number of rotatable bonds is 4. The van der Waals surface area contributed by atoms with E-state index in [4.69, 9.17) is 9.47 Å². The van der Waals surface area contributed by atoms with Crippen molar-refractivity contribution in [3.8, 4) is 5.75 Å². The summed E-state index contributed by atoms with van der Waals surface area (Å²) in [5.74, 6) is 0.637. The minimum absolute atomic E-state index is 0.0177. The first-order valence-electron chi connectivity index (χ1n) is 6.78. The van der Waals surface area contributed by atoms with Crippen molar-refractivity contribution in [3.63, 3.8) is 0 Å². The molecule has 2 rings (SSSR count). The van der Waals surface area contributed by atoms with E-state index in [1.165, 1.54) is 0 Å². The van der Waals surface area contributed by atoms with Gasteiger partial charge in [0.25, 0.3) is 0 Å². The molecule has 1 saturated heterocycles. The summed E-state index contributed by atoms with van der Waals surface area (Å²) in [6.45, 7) is 4.96. The minimum atomic E-state index is -0.160. The molecule has 0 radical (unpaired) electrons. The van der Waals surface area contributed by atoms with Crippen LogP contribution in [0.3, 0.4) is 0 Å². The Morgan fingerprint density at radius 3 is 2.75 bits per heavy atom. The van der Waals surface area contributed by atoms with Gasteiger partial charge in [-0.15, -0.1) is 0 Å². The van der Waals surface area contributed by atoms with Crippen LogP contribution < -0.4 is 15.4 Å². The fourth-order valence-corrected chi connectivity index (χ4v) is 2.60. The largest absolute Gasteiger partial charge is 0.496 e. The lowest BCUT2D eigenvalue weighted by atomic mass is 10.0. The Hall–Kier alpha value is -1.59. The van der Waals surface area contributed by atoms with Gasteiger partial charge in [-0.05, 0) is 32.5 Å². The number of hydrogen-bond donors (Lipinski definition) is 2. The highest BCUT2D eigenvalue weighted by Gasteiger charge is 2.33. The summed E-state index contributed by atoms with van der Waals surface area (Å²) in [4.78, 5) is 12.3. The SMILES string of the molecule is CNC1COCC1C(=O)Nc1ccc(C)c(OC)c1C. The fraction of sp³-hybridized carbons (Fsp3) is 0.533. The first-order chi connectivity index (χ1) is 9.58. The van der Waals surface area contributed by atoms with Crippen molar-refractivity contribution >= 4 is 11.6 Å². The normalized spacial score (nSPS) is 21.8. The zero-order valence-electron chi connectivity index (χ0n) is 12.4. The summed E-state index contributed by atoms with van der Waals surface area (Å²) in [6.07, 6.45) is 0. The number of likely N-dealkylation sites (N-methyl/N-ethyl adjacent to an activating group) is 1. The van der Waals surface area contributed by atoms with Crippen LogP contribution in [0.4, 0.5) is 5.69 Å². The molecular formula is C15H22N2O3. The standard InChI is InChI=1S/C15H22N2O3/c1-9-5-6-12(10(2)14(9)19-4)17-15(18)11-7-20-8-13(11)16-3/h5-6,11,13,16H,7-8H2,1-4H3,(H,17,18). The predicted molar refractivity (Wildman–Crippen MR) is 78.3 cm³/mol. The van der Waals surface area contributed by atoms with Crippen LogP contribution in [0.1, 0.15) is 11.1 Å². The van der Waals surface area contributed by atoms with Crippen LogP contribution in [0.15, 0.2) is 12.1 Å². The Morgan fingerprint density at radius 2 is 2.10 bits per heavy atom. The molecule has 1 heterocycles. The predicted octanol–water partition coefficient (Wildman–Crippen LogP) is 1.48. The van der Waals surface area contributed by atoms with Crippen molar-refractivity contribution in [2.24, 2.45) is 5.92 Å². The van der Waals surface area contributed by atoms with E-state index in [0.29, 0.717) is 13.2 Å². The fourth-order valence-electron chi connectivity index (χ4n) is 2.60. The zero-order chi connectivity index (χ0) is 14.7. The van der Waals surface area contributed by atoms with Gasteiger partial charge in [0.2, 0.25) is 5.91 Å². The number of benzene rings is 1.